The van der Waals surface area contributed by atoms with Crippen LogP contribution in [0.2, 0.25) is 0 Å². The molecule has 1 unspecified atom stereocenters. The molecular weight excluding hydrogens is 446 g/mol. The van der Waals surface area contributed by atoms with E-state index in [9.17, 15) is 14.4 Å². The van der Waals surface area contributed by atoms with Gasteiger partial charge in [-0.3, -0.25) is 14.6 Å². The third-order valence-electron chi connectivity index (χ3n) is 4.44. The molecule has 0 fully saturated rings. The number of rotatable bonds is 5. The second kappa shape index (κ2) is 13.9. The molecule has 35 heavy (non-hydrogen) atoms. The van der Waals surface area contributed by atoms with Crippen LogP contribution in [0.25, 0.3) is 0 Å². The van der Waals surface area contributed by atoms with Gasteiger partial charge in [-0.25, -0.2) is 4.79 Å². The number of Topliss-reactive ketones (excluding diaryl/α,β-unsaturated/α-hetero) is 1. The molecule has 0 bridgehead atoms. The largest absolute Gasteiger partial charge is 0.410 e. The summed E-state index contributed by atoms with van der Waals surface area (Å²) in [6.45, 7) is 15.5. The number of carbonyl (C=O) groups excluding carboxylic acids is 3. The van der Waals surface area contributed by atoms with Crippen LogP contribution < -0.4 is 21.4 Å². The Kier molecular flexibility index (Phi) is 11.6. The molecule has 9 heteroatoms. The van der Waals surface area contributed by atoms with E-state index in [4.69, 9.17) is 4.84 Å². The number of amides is 3. The molecule has 1 atom stereocenters. The van der Waals surface area contributed by atoms with Crippen LogP contribution in [-0.4, -0.2) is 28.9 Å². The molecule has 1 aromatic heterocycles. The fourth-order valence-electron chi connectivity index (χ4n) is 2.70. The number of urea groups is 1. The van der Waals surface area contributed by atoms with Crippen LogP contribution in [0.4, 0.5) is 16.2 Å². The zero-order valence-corrected chi connectivity index (χ0v) is 21.8. The van der Waals surface area contributed by atoms with Crippen molar-refractivity contribution in [3.8, 4) is 0 Å². The summed E-state index contributed by atoms with van der Waals surface area (Å²) in [5.41, 5.74) is 4.32. The Morgan fingerprint density at radius 2 is 1.51 bits per heavy atom. The third-order valence-corrected chi connectivity index (χ3v) is 4.44. The highest BCUT2D eigenvalue weighted by Crippen LogP contribution is 2.28. The number of anilines is 2. The number of carbonyl (C=O) groups is 3. The first kappa shape index (κ1) is 29.3. The molecule has 0 saturated carbocycles. The van der Waals surface area contributed by atoms with Crippen molar-refractivity contribution in [2.75, 3.05) is 10.6 Å². The number of nitrogens with one attached hydrogen (secondary N) is 4. The average Bonchev–Trinajstić information content (AvgIpc) is 3.32. The fraction of sp³-hybridized carbons (Fsp3) is 0.385. The molecule has 0 spiro atoms. The Bertz CT molecular complexity index is 1020. The highest BCUT2D eigenvalue weighted by atomic mass is 16.7. The maximum atomic E-state index is 12.3. The summed E-state index contributed by atoms with van der Waals surface area (Å²) in [5, 5.41) is 8.18. The van der Waals surface area contributed by atoms with Crippen LogP contribution in [0.1, 0.15) is 80.5 Å². The maximum absolute atomic E-state index is 12.3. The lowest BCUT2D eigenvalue weighted by molar-refractivity contribution is 0.0755. The van der Waals surface area contributed by atoms with E-state index in [-0.39, 0.29) is 21.2 Å². The van der Waals surface area contributed by atoms with E-state index in [1.165, 1.54) is 19.2 Å². The van der Waals surface area contributed by atoms with Gasteiger partial charge in [0.05, 0.1) is 0 Å². The summed E-state index contributed by atoms with van der Waals surface area (Å²) in [4.78, 5) is 45.2. The highest BCUT2D eigenvalue weighted by Gasteiger charge is 2.27. The molecule has 4 N–H and O–H groups in total. The van der Waals surface area contributed by atoms with Gasteiger partial charge >= 0.3 is 6.03 Å². The zero-order chi connectivity index (χ0) is 26.6. The van der Waals surface area contributed by atoms with E-state index in [2.05, 4.69) is 26.4 Å². The Hall–Kier alpha value is -3.72. The van der Waals surface area contributed by atoms with E-state index in [1.54, 1.807) is 30.3 Å². The fourth-order valence-corrected chi connectivity index (χ4v) is 2.70. The highest BCUT2D eigenvalue weighted by molar-refractivity contribution is 6.03. The topological polar surface area (TPSA) is 121 Å². The van der Waals surface area contributed by atoms with Crippen molar-refractivity contribution < 1.29 is 23.5 Å². The molecule has 0 radical (unpaired) electrons. The first-order chi connectivity index (χ1) is 16.6. The number of hydrogen-bond donors (Lipinski definition) is 4. The molecule has 3 amide bonds. The molecule has 1 aliphatic heterocycles. The molecule has 196 valence electrons. The standard InChI is InChI=1S/C22H25N5O4.2C2H6.3H2/c1-13(28)14-5-10-17(23-12-14)20(29)24-15-6-8-16(9-7-15)25-21(30)26-19-11-18(31-27-19)22(2,3)4;2*1-2;;;/h5-12,19,27H,1-4H3,(H,24,29)(H2,25,26,30);2*1-2H3;3*1H. The zero-order valence-electron chi connectivity index (χ0n) is 21.8. The van der Waals surface area contributed by atoms with Crippen molar-refractivity contribution in [3.63, 3.8) is 0 Å². The maximum Gasteiger partial charge on any atom is 0.320 e. The van der Waals surface area contributed by atoms with Crippen molar-refractivity contribution in [1.29, 1.82) is 0 Å². The molecule has 2 heterocycles. The monoisotopic (exact) mass is 489 g/mol. The van der Waals surface area contributed by atoms with Crippen LogP contribution in [0.15, 0.2) is 54.4 Å². The number of nitrogens with zero attached hydrogens (tertiary/aromatic N) is 1. The van der Waals surface area contributed by atoms with Crippen LogP contribution in [0, 0.1) is 5.41 Å². The van der Waals surface area contributed by atoms with Gasteiger partial charge in [-0.05, 0) is 49.4 Å². The van der Waals surface area contributed by atoms with Gasteiger partial charge in [0, 0.05) is 32.8 Å². The average molecular weight is 490 g/mol. The van der Waals surface area contributed by atoms with Gasteiger partial charge in [0.15, 0.2) is 5.78 Å². The van der Waals surface area contributed by atoms with Crippen LogP contribution >= 0.6 is 0 Å². The Labute approximate surface area is 212 Å². The van der Waals surface area contributed by atoms with Crippen molar-refractivity contribution in [2.24, 2.45) is 5.41 Å². The van der Waals surface area contributed by atoms with E-state index in [0.717, 1.165) is 5.76 Å². The Morgan fingerprint density at radius 1 is 0.943 bits per heavy atom. The molecule has 1 aromatic carbocycles. The molecule has 9 nitrogen and oxygen atoms in total. The second-order valence-corrected chi connectivity index (χ2v) is 8.10. The number of pyridine rings is 1. The Morgan fingerprint density at radius 3 is 1.97 bits per heavy atom. The minimum absolute atomic E-state index is 0. The van der Waals surface area contributed by atoms with Gasteiger partial charge in [-0.15, -0.1) is 5.48 Å². The van der Waals surface area contributed by atoms with Gasteiger partial charge in [0.2, 0.25) is 0 Å². The van der Waals surface area contributed by atoms with Gasteiger partial charge in [-0.2, -0.15) is 0 Å². The number of benzene rings is 1. The minimum Gasteiger partial charge on any atom is -0.410 e. The molecule has 3 rings (SSSR count). The third kappa shape index (κ3) is 9.21. The van der Waals surface area contributed by atoms with Crippen molar-refractivity contribution in [1.82, 2.24) is 15.8 Å². The summed E-state index contributed by atoms with van der Waals surface area (Å²) < 4.78 is 0. The predicted molar refractivity (Wildman–Crippen MR) is 145 cm³/mol. The van der Waals surface area contributed by atoms with Crippen molar-refractivity contribution in [2.45, 2.75) is 61.6 Å². The molecule has 2 aromatic rings. The number of ketones is 1. The summed E-state index contributed by atoms with van der Waals surface area (Å²) in [5.74, 6) is 0.235. The summed E-state index contributed by atoms with van der Waals surface area (Å²) in [6.07, 6.45) is 2.75. The van der Waals surface area contributed by atoms with Crippen LogP contribution in [0.5, 0.6) is 0 Å². The predicted octanol–water partition coefficient (Wildman–Crippen LogP) is 6.24. The number of aromatic nitrogens is 1. The van der Waals surface area contributed by atoms with Crippen LogP contribution in [0.3, 0.4) is 0 Å². The lowest BCUT2D eigenvalue weighted by atomic mass is 9.94. The lowest BCUT2D eigenvalue weighted by Gasteiger charge is -2.17. The first-order valence-electron chi connectivity index (χ1n) is 11.7. The van der Waals surface area contributed by atoms with Crippen molar-refractivity contribution in [3.05, 3.63) is 65.7 Å². The SMILES string of the molecule is CC.CC.CC(=O)c1ccc(C(=O)Nc2ccc(NC(=O)NC3C=C(C(C)(C)C)ON3)cc2)nc1.[HH].[HH].[HH]. The normalized spacial score (nSPS) is 14.1. The Balaban J connectivity index is -0.00000167. The summed E-state index contributed by atoms with van der Waals surface area (Å²) in [6, 6.07) is 9.29. The second-order valence-electron chi connectivity index (χ2n) is 8.10. The molecule has 0 saturated heterocycles. The lowest BCUT2D eigenvalue weighted by Crippen LogP contribution is -2.43. The smallest absolute Gasteiger partial charge is 0.320 e. The minimum atomic E-state index is -0.435. The van der Waals surface area contributed by atoms with E-state index < -0.39 is 18.1 Å². The van der Waals surface area contributed by atoms with Crippen molar-refractivity contribution >= 4 is 29.1 Å². The molecular formula is C26H43N5O4. The first-order valence-corrected chi connectivity index (χ1v) is 11.7. The number of hydroxylamine groups is 1. The number of allylic oxidation sites excluding steroid dienone is 1. The number of hydrogen-bond acceptors (Lipinski definition) is 6. The quantitative estimate of drug-likeness (QED) is 0.369. The van der Waals surface area contributed by atoms with E-state index in [1.807, 2.05) is 54.5 Å². The van der Waals surface area contributed by atoms with Gasteiger partial charge < -0.3 is 20.8 Å². The summed E-state index contributed by atoms with van der Waals surface area (Å²) >= 11 is 0. The van der Waals surface area contributed by atoms with Gasteiger partial charge in [0.25, 0.3) is 5.91 Å². The summed E-state index contributed by atoms with van der Waals surface area (Å²) in [7, 11) is 0. The molecule has 1 aliphatic rings. The van der Waals surface area contributed by atoms with E-state index >= 15 is 0 Å². The van der Waals surface area contributed by atoms with E-state index in [0.29, 0.717) is 16.9 Å². The van der Waals surface area contributed by atoms with Gasteiger partial charge in [-0.1, -0.05) is 48.5 Å². The molecule has 0 aliphatic carbocycles. The van der Waals surface area contributed by atoms with Gasteiger partial charge in [0.1, 0.15) is 17.6 Å². The van der Waals surface area contributed by atoms with Crippen LogP contribution in [-0.2, 0) is 4.84 Å².